The van der Waals surface area contributed by atoms with Crippen LogP contribution in [0, 0.1) is 0 Å². The number of aromatic carboxylic acids is 1. The minimum absolute atomic E-state index is 0.203. The molecule has 78 valence electrons. The normalized spacial score (nSPS) is 10.8. The highest BCUT2D eigenvalue weighted by Crippen LogP contribution is 2.24. The van der Waals surface area contributed by atoms with Crippen molar-refractivity contribution in [3.63, 3.8) is 0 Å². The van der Waals surface area contributed by atoms with Gasteiger partial charge in [0.25, 0.3) is 0 Å². The van der Waals surface area contributed by atoms with Crippen LogP contribution < -0.4 is 0 Å². The first kappa shape index (κ1) is 9.71. The summed E-state index contributed by atoms with van der Waals surface area (Å²) in [4.78, 5) is 11.0. The van der Waals surface area contributed by atoms with E-state index in [1.165, 1.54) is 6.07 Å². The fraction of sp³-hybridized carbons (Fsp3) is 0.182. The molecule has 0 amide bonds. The van der Waals surface area contributed by atoms with Crippen LogP contribution in [0.3, 0.4) is 0 Å². The number of hydrogen-bond acceptors (Lipinski definition) is 1. The summed E-state index contributed by atoms with van der Waals surface area (Å²) in [5, 5.41) is 9.65. The van der Waals surface area contributed by atoms with Crippen LogP contribution in [0.2, 0.25) is 0 Å². The molecule has 0 aliphatic rings. The Kier molecular flexibility index (Phi) is 2.19. The molecule has 15 heavy (non-hydrogen) atoms. The van der Waals surface area contributed by atoms with Crippen LogP contribution >= 0.6 is 0 Å². The number of carbonyl (C=O) groups is 1. The van der Waals surface area contributed by atoms with Gasteiger partial charge in [0.05, 0.1) is 11.1 Å². The third kappa shape index (κ3) is 1.38. The lowest BCUT2D eigenvalue weighted by atomic mass is 10.1. The molecule has 0 atom stereocenters. The second-order valence-corrected chi connectivity index (χ2v) is 3.41. The first-order chi connectivity index (χ1) is 7.15. The summed E-state index contributed by atoms with van der Waals surface area (Å²) < 4.78 is 14.3. The summed E-state index contributed by atoms with van der Waals surface area (Å²) in [5.41, 5.74) is 1.29. The molecule has 1 heterocycles. The average Bonchev–Trinajstić information content (AvgIpc) is 2.55. The molecule has 0 fully saturated rings. The SMILES string of the molecule is Cn1cc(CF)c2cccc(C(=O)O)c21. The maximum Gasteiger partial charge on any atom is 0.337 e. The number of benzene rings is 1. The highest BCUT2D eigenvalue weighted by Gasteiger charge is 2.13. The minimum Gasteiger partial charge on any atom is -0.478 e. The van der Waals surface area contributed by atoms with E-state index in [2.05, 4.69) is 0 Å². The van der Waals surface area contributed by atoms with Crippen molar-refractivity contribution in [2.24, 2.45) is 7.05 Å². The van der Waals surface area contributed by atoms with Crippen molar-refractivity contribution in [3.8, 4) is 0 Å². The van der Waals surface area contributed by atoms with Crippen molar-refractivity contribution in [2.75, 3.05) is 0 Å². The lowest BCUT2D eigenvalue weighted by Gasteiger charge is -2.00. The van der Waals surface area contributed by atoms with Crippen molar-refractivity contribution < 1.29 is 14.3 Å². The van der Waals surface area contributed by atoms with Crippen molar-refractivity contribution in [1.82, 2.24) is 4.57 Å². The predicted molar refractivity (Wildman–Crippen MR) is 54.7 cm³/mol. The smallest absolute Gasteiger partial charge is 0.337 e. The van der Waals surface area contributed by atoms with E-state index < -0.39 is 12.6 Å². The van der Waals surface area contributed by atoms with Crippen molar-refractivity contribution in [2.45, 2.75) is 6.67 Å². The van der Waals surface area contributed by atoms with E-state index in [9.17, 15) is 9.18 Å². The second-order valence-electron chi connectivity index (χ2n) is 3.41. The molecule has 2 aromatic rings. The zero-order valence-corrected chi connectivity index (χ0v) is 8.20. The molecule has 1 aromatic heterocycles. The van der Waals surface area contributed by atoms with Crippen LogP contribution in [0.4, 0.5) is 4.39 Å². The van der Waals surface area contributed by atoms with Gasteiger partial charge in [-0.25, -0.2) is 9.18 Å². The summed E-state index contributed by atoms with van der Waals surface area (Å²) in [5.74, 6) is -0.993. The fourth-order valence-corrected chi connectivity index (χ4v) is 1.83. The minimum atomic E-state index is -0.993. The average molecular weight is 207 g/mol. The van der Waals surface area contributed by atoms with E-state index in [0.717, 1.165) is 0 Å². The van der Waals surface area contributed by atoms with Crippen LogP contribution in [0.15, 0.2) is 24.4 Å². The third-order valence-corrected chi connectivity index (χ3v) is 2.46. The number of hydrogen-bond donors (Lipinski definition) is 1. The molecule has 0 bridgehead atoms. The Labute approximate surface area is 85.7 Å². The Morgan fingerprint density at radius 3 is 2.87 bits per heavy atom. The highest BCUT2D eigenvalue weighted by atomic mass is 19.1. The zero-order valence-electron chi connectivity index (χ0n) is 8.20. The van der Waals surface area contributed by atoms with Crippen molar-refractivity contribution >= 4 is 16.9 Å². The summed E-state index contributed by atoms with van der Waals surface area (Å²) in [7, 11) is 1.72. The maximum atomic E-state index is 12.6. The van der Waals surface area contributed by atoms with Gasteiger partial charge in [-0.2, -0.15) is 0 Å². The lowest BCUT2D eigenvalue weighted by Crippen LogP contribution is -1.99. The zero-order chi connectivity index (χ0) is 11.0. The van der Waals surface area contributed by atoms with E-state index in [0.29, 0.717) is 16.5 Å². The van der Waals surface area contributed by atoms with Crippen LogP contribution in [-0.4, -0.2) is 15.6 Å². The van der Waals surface area contributed by atoms with Crippen LogP contribution in [0.25, 0.3) is 10.9 Å². The van der Waals surface area contributed by atoms with Gasteiger partial charge in [-0.05, 0) is 6.07 Å². The molecule has 1 N–H and O–H groups in total. The molecular formula is C11H10FNO2. The molecule has 2 rings (SSSR count). The van der Waals surface area contributed by atoms with Gasteiger partial charge >= 0.3 is 5.97 Å². The Morgan fingerprint density at radius 2 is 2.27 bits per heavy atom. The molecule has 0 radical (unpaired) electrons. The van der Waals surface area contributed by atoms with Gasteiger partial charge < -0.3 is 9.67 Å². The summed E-state index contributed by atoms with van der Waals surface area (Å²) >= 11 is 0. The first-order valence-corrected chi connectivity index (χ1v) is 4.51. The van der Waals surface area contributed by atoms with Gasteiger partial charge in [0.1, 0.15) is 6.67 Å². The Balaban J connectivity index is 2.86. The van der Waals surface area contributed by atoms with E-state index >= 15 is 0 Å². The topological polar surface area (TPSA) is 42.2 Å². The largest absolute Gasteiger partial charge is 0.478 e. The molecule has 0 saturated carbocycles. The van der Waals surface area contributed by atoms with Crippen LogP contribution in [0.1, 0.15) is 15.9 Å². The van der Waals surface area contributed by atoms with E-state index in [1.54, 1.807) is 29.9 Å². The summed E-state index contributed by atoms with van der Waals surface area (Å²) in [6, 6.07) is 4.88. The second kappa shape index (κ2) is 3.38. The van der Waals surface area contributed by atoms with E-state index in [1.807, 2.05) is 0 Å². The quantitative estimate of drug-likeness (QED) is 0.821. The number of aryl methyl sites for hydroxylation is 1. The number of para-hydroxylation sites is 1. The lowest BCUT2D eigenvalue weighted by molar-refractivity contribution is 0.0698. The van der Waals surface area contributed by atoms with Crippen LogP contribution in [-0.2, 0) is 13.7 Å². The van der Waals surface area contributed by atoms with Crippen molar-refractivity contribution in [1.29, 1.82) is 0 Å². The molecular weight excluding hydrogens is 197 g/mol. The number of fused-ring (bicyclic) bond motifs is 1. The number of halogens is 1. The fourth-order valence-electron chi connectivity index (χ4n) is 1.83. The first-order valence-electron chi connectivity index (χ1n) is 4.51. The van der Waals surface area contributed by atoms with Gasteiger partial charge in [0.15, 0.2) is 0 Å². The number of alkyl halides is 1. The number of carboxylic acids is 1. The molecule has 0 spiro atoms. The highest BCUT2D eigenvalue weighted by molar-refractivity contribution is 6.03. The Bertz CT molecular complexity index is 531. The van der Waals surface area contributed by atoms with Crippen molar-refractivity contribution in [3.05, 3.63) is 35.5 Å². The molecule has 0 unspecified atom stereocenters. The predicted octanol–water partition coefficient (Wildman–Crippen LogP) is 2.35. The molecule has 1 aromatic carbocycles. The van der Waals surface area contributed by atoms with E-state index in [4.69, 9.17) is 5.11 Å². The number of aromatic nitrogens is 1. The Hall–Kier alpha value is -1.84. The molecule has 0 aliphatic heterocycles. The molecule has 0 aliphatic carbocycles. The van der Waals surface area contributed by atoms with Gasteiger partial charge in [-0.15, -0.1) is 0 Å². The molecule has 3 nitrogen and oxygen atoms in total. The monoisotopic (exact) mass is 207 g/mol. The van der Waals surface area contributed by atoms with Gasteiger partial charge in [0, 0.05) is 24.2 Å². The van der Waals surface area contributed by atoms with Crippen LogP contribution in [0.5, 0.6) is 0 Å². The third-order valence-electron chi connectivity index (χ3n) is 2.46. The Morgan fingerprint density at radius 1 is 1.53 bits per heavy atom. The van der Waals surface area contributed by atoms with E-state index in [-0.39, 0.29) is 5.56 Å². The number of rotatable bonds is 2. The van der Waals surface area contributed by atoms with Gasteiger partial charge in [-0.3, -0.25) is 0 Å². The maximum absolute atomic E-state index is 12.6. The summed E-state index contributed by atoms with van der Waals surface area (Å²) in [6.45, 7) is -0.583. The number of carboxylic acid groups (broad SMARTS) is 1. The summed E-state index contributed by atoms with van der Waals surface area (Å²) in [6.07, 6.45) is 1.62. The molecule has 0 saturated heterocycles. The number of nitrogens with zero attached hydrogens (tertiary/aromatic N) is 1. The molecule has 4 heteroatoms. The standard InChI is InChI=1S/C11H10FNO2/c1-13-6-7(5-12)8-3-2-4-9(10(8)13)11(14)15/h2-4,6H,5H2,1H3,(H,14,15). The van der Waals surface area contributed by atoms with Gasteiger partial charge in [0.2, 0.25) is 0 Å². The van der Waals surface area contributed by atoms with Gasteiger partial charge in [-0.1, -0.05) is 12.1 Å².